The molecule has 1 aromatic carbocycles. The molecule has 1 saturated heterocycles. The van der Waals surface area contributed by atoms with Crippen molar-refractivity contribution in [1.82, 2.24) is 0 Å². The first-order valence-corrected chi connectivity index (χ1v) is 9.64. The van der Waals surface area contributed by atoms with Gasteiger partial charge in [0.1, 0.15) is 18.5 Å². The van der Waals surface area contributed by atoms with Crippen LogP contribution in [0.2, 0.25) is 0 Å². The van der Waals surface area contributed by atoms with Crippen molar-refractivity contribution in [2.24, 2.45) is 0 Å². The van der Waals surface area contributed by atoms with Crippen molar-refractivity contribution in [3.63, 3.8) is 0 Å². The van der Waals surface area contributed by atoms with Crippen molar-refractivity contribution >= 4 is 23.9 Å². The van der Waals surface area contributed by atoms with Crippen LogP contribution in [0, 0.1) is 12.3 Å². The molecule has 0 N–H and O–H groups in total. The fourth-order valence-corrected chi connectivity index (χ4v) is 3.05. The smallest absolute Gasteiger partial charge is 0.303 e. The first kappa shape index (κ1) is 24.7. The molecule has 0 aromatic heterocycles. The van der Waals surface area contributed by atoms with E-state index in [0.717, 1.165) is 20.8 Å². The molecule has 1 aliphatic heterocycles. The molecule has 0 amide bonds. The van der Waals surface area contributed by atoms with Crippen LogP contribution in [0.5, 0.6) is 5.75 Å². The molecule has 2 rings (SSSR count). The van der Waals surface area contributed by atoms with E-state index in [2.05, 4.69) is 5.92 Å². The van der Waals surface area contributed by atoms with E-state index in [0.29, 0.717) is 11.3 Å². The zero-order valence-corrected chi connectivity index (χ0v) is 18.1. The second-order valence-corrected chi connectivity index (χ2v) is 6.85. The Hall–Kier alpha value is -3.58. The van der Waals surface area contributed by atoms with E-state index in [1.165, 1.54) is 6.92 Å². The molecule has 0 saturated carbocycles. The maximum Gasteiger partial charge on any atom is 0.303 e. The van der Waals surface area contributed by atoms with Crippen LogP contribution in [-0.4, -0.2) is 61.2 Å². The third-order valence-electron chi connectivity index (χ3n) is 4.22. The molecule has 10 heteroatoms. The van der Waals surface area contributed by atoms with Gasteiger partial charge in [-0.2, -0.15) is 0 Å². The van der Waals surface area contributed by atoms with Crippen LogP contribution in [0.4, 0.5) is 0 Å². The number of benzene rings is 1. The predicted octanol–water partition coefficient (Wildman–Crippen LogP) is 1.13. The zero-order chi connectivity index (χ0) is 23.8. The van der Waals surface area contributed by atoms with Gasteiger partial charge in [0, 0.05) is 33.3 Å². The van der Waals surface area contributed by atoms with Crippen LogP contribution in [0.3, 0.4) is 0 Å². The van der Waals surface area contributed by atoms with Crippen LogP contribution in [0.15, 0.2) is 24.3 Å². The minimum absolute atomic E-state index is 0.310. The number of carbonyl (C=O) groups excluding carboxylic acids is 4. The first-order valence-electron chi connectivity index (χ1n) is 9.64. The summed E-state index contributed by atoms with van der Waals surface area (Å²) in [4.78, 5) is 46.6. The van der Waals surface area contributed by atoms with E-state index < -0.39 is 54.6 Å². The van der Waals surface area contributed by atoms with Gasteiger partial charge in [-0.25, -0.2) is 0 Å². The molecule has 0 spiro atoms. The number of esters is 4. The molecular formula is C22H24O10. The van der Waals surface area contributed by atoms with E-state index in [9.17, 15) is 19.2 Å². The second kappa shape index (κ2) is 11.2. The lowest BCUT2D eigenvalue weighted by atomic mass is 9.98. The zero-order valence-electron chi connectivity index (χ0n) is 18.1. The Labute approximate surface area is 185 Å². The van der Waals surface area contributed by atoms with Crippen LogP contribution in [0.25, 0.3) is 0 Å². The third-order valence-corrected chi connectivity index (χ3v) is 4.22. The summed E-state index contributed by atoms with van der Waals surface area (Å²) in [6.07, 6.45) is -0.887. The minimum Gasteiger partial charge on any atom is -0.463 e. The Morgan fingerprint density at radius 3 is 1.88 bits per heavy atom. The van der Waals surface area contributed by atoms with Crippen LogP contribution in [0.1, 0.15) is 33.3 Å². The maximum absolute atomic E-state index is 11.8. The monoisotopic (exact) mass is 448 g/mol. The fraction of sp³-hybridized carbons (Fsp3) is 0.455. The highest BCUT2D eigenvalue weighted by molar-refractivity contribution is 5.68. The lowest BCUT2D eigenvalue weighted by molar-refractivity contribution is -0.288. The van der Waals surface area contributed by atoms with Crippen LogP contribution >= 0.6 is 0 Å². The number of rotatable bonds is 7. The molecule has 1 aliphatic rings. The van der Waals surface area contributed by atoms with Gasteiger partial charge in [0.2, 0.25) is 12.4 Å². The van der Waals surface area contributed by atoms with Crippen LogP contribution < -0.4 is 4.74 Å². The SMILES string of the molecule is C#Cc1ccc(O[C@H]2O[C@H](COC(C)=O)[C@H](OC(C)=O)[C@H](OC(C)=O)[C@H]2OC(C)=O)cc1. The first-order chi connectivity index (χ1) is 15.1. The molecule has 0 unspecified atom stereocenters. The Balaban J connectivity index is 2.43. The minimum atomic E-state index is -1.30. The number of ether oxygens (including phenoxy) is 6. The van der Waals surface area contributed by atoms with Crippen molar-refractivity contribution in [1.29, 1.82) is 0 Å². The lowest BCUT2D eigenvalue weighted by Crippen LogP contribution is -2.63. The van der Waals surface area contributed by atoms with E-state index in [1.807, 2.05) is 0 Å². The Bertz CT molecular complexity index is 885. The third kappa shape index (κ3) is 6.99. The fourth-order valence-electron chi connectivity index (χ4n) is 3.05. The maximum atomic E-state index is 11.8. The van der Waals surface area contributed by atoms with Gasteiger partial charge in [-0.15, -0.1) is 6.42 Å². The Morgan fingerprint density at radius 2 is 1.38 bits per heavy atom. The topological polar surface area (TPSA) is 124 Å². The molecule has 1 aromatic rings. The number of hydrogen-bond donors (Lipinski definition) is 0. The van der Waals surface area contributed by atoms with E-state index in [-0.39, 0.29) is 6.61 Å². The Morgan fingerprint density at radius 1 is 0.844 bits per heavy atom. The van der Waals surface area contributed by atoms with Crippen molar-refractivity contribution in [3.8, 4) is 18.1 Å². The normalized spacial score (nSPS) is 24.4. The van der Waals surface area contributed by atoms with Gasteiger partial charge in [0.05, 0.1) is 0 Å². The summed E-state index contributed by atoms with van der Waals surface area (Å²) in [6, 6.07) is 6.40. The number of hydrogen-bond acceptors (Lipinski definition) is 10. The van der Waals surface area contributed by atoms with Crippen molar-refractivity contribution in [3.05, 3.63) is 29.8 Å². The van der Waals surface area contributed by atoms with E-state index in [1.54, 1.807) is 24.3 Å². The standard InChI is InChI=1S/C22H24O10/c1-6-16-7-9-17(10-8-16)31-22-21(30-15(5)26)20(29-14(4)25)19(28-13(3)24)18(32-22)11-27-12(2)23/h1,7-10,18-22H,11H2,2-5H3/t18-,19+,20+,21-,22+/m1/s1. The molecule has 32 heavy (non-hydrogen) atoms. The highest BCUT2D eigenvalue weighted by Crippen LogP contribution is 2.31. The van der Waals surface area contributed by atoms with Gasteiger partial charge in [-0.05, 0) is 24.3 Å². The molecule has 0 bridgehead atoms. The van der Waals surface area contributed by atoms with Crippen molar-refractivity contribution in [2.75, 3.05) is 6.61 Å². The van der Waals surface area contributed by atoms with Gasteiger partial charge < -0.3 is 28.4 Å². The van der Waals surface area contributed by atoms with Gasteiger partial charge in [-0.1, -0.05) is 5.92 Å². The summed E-state index contributed by atoms with van der Waals surface area (Å²) in [5.74, 6) is 0.0150. The van der Waals surface area contributed by atoms with E-state index in [4.69, 9.17) is 34.8 Å². The second-order valence-electron chi connectivity index (χ2n) is 6.85. The molecule has 172 valence electrons. The Kier molecular flexibility index (Phi) is 8.61. The van der Waals surface area contributed by atoms with Crippen molar-refractivity contribution < 1.29 is 47.6 Å². The lowest BCUT2D eigenvalue weighted by Gasteiger charge is -2.43. The summed E-state index contributed by atoms with van der Waals surface area (Å²) in [5, 5.41) is 0. The van der Waals surface area contributed by atoms with Gasteiger partial charge in [0.15, 0.2) is 12.2 Å². The molecule has 0 radical (unpaired) electrons. The number of terminal acetylenes is 1. The highest BCUT2D eigenvalue weighted by Gasteiger charge is 2.53. The molecule has 1 heterocycles. The predicted molar refractivity (Wildman–Crippen MR) is 107 cm³/mol. The molecule has 0 aliphatic carbocycles. The van der Waals surface area contributed by atoms with Crippen molar-refractivity contribution in [2.45, 2.75) is 58.4 Å². The van der Waals surface area contributed by atoms with Gasteiger partial charge in [0.25, 0.3) is 0 Å². The molecule has 10 nitrogen and oxygen atoms in total. The summed E-state index contributed by atoms with van der Waals surface area (Å²) in [5.41, 5.74) is 0.610. The van der Waals surface area contributed by atoms with Gasteiger partial charge in [-0.3, -0.25) is 19.2 Å². The highest BCUT2D eigenvalue weighted by atomic mass is 16.7. The quantitative estimate of drug-likeness (QED) is 0.341. The largest absolute Gasteiger partial charge is 0.463 e. The molecule has 1 fully saturated rings. The number of carbonyl (C=O) groups is 4. The average molecular weight is 448 g/mol. The molecular weight excluding hydrogens is 424 g/mol. The summed E-state index contributed by atoms with van der Waals surface area (Å²) in [6.45, 7) is 4.28. The molecule has 5 atom stereocenters. The average Bonchev–Trinajstić information content (AvgIpc) is 2.70. The summed E-state index contributed by atoms with van der Waals surface area (Å²) in [7, 11) is 0. The summed E-state index contributed by atoms with van der Waals surface area (Å²) < 4.78 is 32.6. The van der Waals surface area contributed by atoms with Crippen LogP contribution in [-0.2, 0) is 42.9 Å². The summed E-state index contributed by atoms with van der Waals surface area (Å²) >= 11 is 0. The van der Waals surface area contributed by atoms with Gasteiger partial charge >= 0.3 is 23.9 Å². The van der Waals surface area contributed by atoms with E-state index >= 15 is 0 Å².